The summed E-state index contributed by atoms with van der Waals surface area (Å²) >= 11 is 0. The average Bonchev–Trinajstić information content (AvgIpc) is 3.10. The van der Waals surface area contributed by atoms with Gasteiger partial charge in [0, 0.05) is 26.2 Å². The lowest BCUT2D eigenvalue weighted by Gasteiger charge is -2.49. The predicted octanol–water partition coefficient (Wildman–Crippen LogP) is 1.73. The molecule has 3 rings (SSSR count). The first kappa shape index (κ1) is 20.8. The van der Waals surface area contributed by atoms with Gasteiger partial charge in [-0.1, -0.05) is 30.3 Å². The van der Waals surface area contributed by atoms with Crippen molar-refractivity contribution in [2.75, 3.05) is 33.5 Å². The lowest BCUT2D eigenvalue weighted by atomic mass is 9.93. The summed E-state index contributed by atoms with van der Waals surface area (Å²) in [6, 6.07) is 10.6. The van der Waals surface area contributed by atoms with Gasteiger partial charge in [0.2, 0.25) is 0 Å². The number of hydrogen-bond donors (Lipinski definition) is 2. The third kappa shape index (κ3) is 4.38. The molecule has 2 heterocycles. The van der Waals surface area contributed by atoms with Crippen LogP contribution < -0.4 is 10.1 Å². The number of nitrogens with one attached hydrogen (secondary N) is 1. The van der Waals surface area contributed by atoms with Gasteiger partial charge >= 0.3 is 0 Å². The first-order chi connectivity index (χ1) is 13.5. The second-order valence-electron chi connectivity index (χ2n) is 7.72. The van der Waals surface area contributed by atoms with Crippen molar-refractivity contribution >= 4 is 0 Å². The normalized spacial score (nSPS) is 24.2. The maximum Gasteiger partial charge on any atom is 0.161 e. The highest BCUT2D eigenvalue weighted by Gasteiger charge is 2.42. The fourth-order valence-electron chi connectivity index (χ4n) is 3.89. The zero-order valence-corrected chi connectivity index (χ0v) is 17.3. The second kappa shape index (κ2) is 9.05. The van der Waals surface area contributed by atoms with Crippen LogP contribution in [0.4, 0.5) is 0 Å². The Kier molecular flexibility index (Phi) is 6.72. The Labute approximate surface area is 167 Å². The molecule has 0 spiro atoms. The molecule has 1 fully saturated rings. The van der Waals surface area contributed by atoms with Crippen molar-refractivity contribution in [1.29, 1.82) is 0 Å². The number of aliphatic hydroxyl groups excluding tert-OH is 1. The average molecular weight is 389 g/mol. The van der Waals surface area contributed by atoms with E-state index in [4.69, 9.17) is 9.47 Å². The Morgan fingerprint density at radius 2 is 2.14 bits per heavy atom. The van der Waals surface area contributed by atoms with Crippen molar-refractivity contribution in [3.8, 4) is 5.75 Å². The molecular weight excluding hydrogens is 356 g/mol. The van der Waals surface area contributed by atoms with E-state index < -0.39 is 5.54 Å². The van der Waals surface area contributed by atoms with Gasteiger partial charge in [-0.25, -0.2) is 0 Å². The molecule has 0 bridgehead atoms. The van der Waals surface area contributed by atoms with Gasteiger partial charge in [-0.3, -0.25) is 9.58 Å². The summed E-state index contributed by atoms with van der Waals surface area (Å²) in [6.07, 6.45) is 1.86. The third-order valence-corrected chi connectivity index (χ3v) is 5.55. The van der Waals surface area contributed by atoms with Crippen molar-refractivity contribution in [3.05, 3.63) is 47.8 Å². The molecule has 2 N–H and O–H groups in total. The summed E-state index contributed by atoms with van der Waals surface area (Å²) in [6.45, 7) is 6.74. The maximum atomic E-state index is 10.4. The monoisotopic (exact) mass is 388 g/mol. The molecule has 2 aromatic rings. The molecule has 1 unspecified atom stereocenters. The molecule has 1 aromatic carbocycles. The van der Waals surface area contributed by atoms with E-state index in [0.29, 0.717) is 19.8 Å². The third-order valence-electron chi connectivity index (χ3n) is 5.55. The van der Waals surface area contributed by atoms with Crippen LogP contribution in [0.3, 0.4) is 0 Å². The lowest BCUT2D eigenvalue weighted by molar-refractivity contribution is -0.123. The van der Waals surface area contributed by atoms with E-state index in [1.807, 2.05) is 19.3 Å². The van der Waals surface area contributed by atoms with E-state index in [0.717, 1.165) is 18.0 Å². The molecule has 0 radical (unpaired) electrons. The number of aryl methyl sites for hydroxylation is 1. The Balaban J connectivity index is 1.76. The van der Waals surface area contributed by atoms with E-state index in [1.54, 1.807) is 11.8 Å². The highest BCUT2D eigenvalue weighted by atomic mass is 16.5. The Bertz CT molecular complexity index is 751. The van der Waals surface area contributed by atoms with Crippen molar-refractivity contribution < 1.29 is 14.6 Å². The van der Waals surface area contributed by atoms with Crippen LogP contribution in [-0.2, 0) is 18.3 Å². The van der Waals surface area contributed by atoms with Crippen LogP contribution in [0.1, 0.15) is 31.1 Å². The van der Waals surface area contributed by atoms with Gasteiger partial charge in [-0.05, 0) is 19.4 Å². The van der Waals surface area contributed by atoms with Gasteiger partial charge < -0.3 is 19.9 Å². The fourth-order valence-corrected chi connectivity index (χ4v) is 3.89. The predicted molar refractivity (Wildman–Crippen MR) is 108 cm³/mol. The number of morpholine rings is 1. The van der Waals surface area contributed by atoms with E-state index in [2.05, 4.69) is 53.4 Å². The molecule has 7 heteroatoms. The largest absolute Gasteiger partial charge is 0.493 e. The van der Waals surface area contributed by atoms with Gasteiger partial charge in [-0.2, -0.15) is 5.10 Å². The molecule has 1 aromatic heterocycles. The minimum atomic E-state index is -0.496. The van der Waals surface area contributed by atoms with Crippen LogP contribution in [0.2, 0.25) is 0 Å². The van der Waals surface area contributed by atoms with E-state index in [-0.39, 0.29) is 18.7 Å². The standard InChI is InChI=1S/C21H32N4O3/c1-16-12-28-15-21(14-26,25(16)10-18-8-6-5-7-9-18)13-22-17(2)20-19(27-4)11-24(3)23-20/h5-9,11,16-17,22,26H,10,12-15H2,1-4H3/t16-,17?,21+/m1/s1. The SMILES string of the molecule is COc1cn(C)nc1C(C)NC[C@]1(CO)COC[C@@H](C)N1Cc1ccccc1. The van der Waals surface area contributed by atoms with Gasteiger partial charge in [0.05, 0.1) is 44.7 Å². The smallest absolute Gasteiger partial charge is 0.161 e. The van der Waals surface area contributed by atoms with Crippen LogP contribution in [0, 0.1) is 0 Å². The Morgan fingerprint density at radius 1 is 1.39 bits per heavy atom. The topological polar surface area (TPSA) is 71.8 Å². The molecule has 0 saturated carbocycles. The Hall–Kier alpha value is -1.93. The Morgan fingerprint density at radius 3 is 2.82 bits per heavy atom. The number of methoxy groups -OCH3 is 1. The van der Waals surface area contributed by atoms with Crippen LogP contribution in [0.15, 0.2) is 36.5 Å². The highest BCUT2D eigenvalue weighted by molar-refractivity contribution is 5.27. The molecule has 1 aliphatic rings. The summed E-state index contributed by atoms with van der Waals surface area (Å²) < 4.78 is 13.0. The van der Waals surface area contributed by atoms with Crippen LogP contribution in [-0.4, -0.2) is 64.8 Å². The van der Waals surface area contributed by atoms with Gasteiger partial charge in [0.1, 0.15) is 5.69 Å². The summed E-state index contributed by atoms with van der Waals surface area (Å²) in [5.74, 6) is 0.759. The number of aliphatic hydroxyl groups is 1. The number of nitrogens with zero attached hydrogens (tertiary/aromatic N) is 3. The molecule has 0 amide bonds. The highest BCUT2D eigenvalue weighted by Crippen LogP contribution is 2.28. The first-order valence-electron chi connectivity index (χ1n) is 9.79. The summed E-state index contributed by atoms with van der Waals surface area (Å²) in [5.41, 5.74) is 1.59. The van der Waals surface area contributed by atoms with Gasteiger partial charge in [-0.15, -0.1) is 0 Å². The maximum absolute atomic E-state index is 10.4. The van der Waals surface area contributed by atoms with Gasteiger partial charge in [0.15, 0.2) is 5.75 Å². The fraction of sp³-hybridized carbons (Fsp3) is 0.571. The lowest BCUT2D eigenvalue weighted by Crippen LogP contribution is -2.66. The number of aromatic nitrogens is 2. The molecule has 1 saturated heterocycles. The zero-order valence-electron chi connectivity index (χ0n) is 17.3. The second-order valence-corrected chi connectivity index (χ2v) is 7.72. The molecule has 7 nitrogen and oxygen atoms in total. The van der Waals surface area contributed by atoms with Gasteiger partial charge in [0.25, 0.3) is 0 Å². The summed E-state index contributed by atoms with van der Waals surface area (Å²) in [7, 11) is 3.53. The van der Waals surface area contributed by atoms with Crippen molar-refractivity contribution in [1.82, 2.24) is 20.0 Å². The van der Waals surface area contributed by atoms with Crippen molar-refractivity contribution in [2.24, 2.45) is 7.05 Å². The van der Waals surface area contributed by atoms with Crippen LogP contribution in [0.25, 0.3) is 0 Å². The number of hydrogen-bond acceptors (Lipinski definition) is 6. The first-order valence-corrected chi connectivity index (χ1v) is 9.79. The van der Waals surface area contributed by atoms with Crippen molar-refractivity contribution in [3.63, 3.8) is 0 Å². The summed E-state index contributed by atoms with van der Waals surface area (Å²) in [5, 5.41) is 18.5. The number of benzene rings is 1. The summed E-state index contributed by atoms with van der Waals surface area (Å²) in [4.78, 5) is 2.36. The van der Waals surface area contributed by atoms with Crippen LogP contribution >= 0.6 is 0 Å². The molecule has 154 valence electrons. The molecule has 28 heavy (non-hydrogen) atoms. The minimum absolute atomic E-state index is 0.0171. The zero-order chi connectivity index (χ0) is 20.1. The van der Waals surface area contributed by atoms with Crippen LogP contribution in [0.5, 0.6) is 5.75 Å². The number of ether oxygens (including phenoxy) is 2. The molecule has 3 atom stereocenters. The van der Waals surface area contributed by atoms with E-state index in [9.17, 15) is 5.11 Å². The van der Waals surface area contributed by atoms with E-state index >= 15 is 0 Å². The van der Waals surface area contributed by atoms with Crippen molar-refractivity contribution in [2.45, 2.75) is 38.0 Å². The minimum Gasteiger partial charge on any atom is -0.493 e. The molecule has 0 aliphatic carbocycles. The van der Waals surface area contributed by atoms with E-state index in [1.165, 1.54) is 5.56 Å². The molecular formula is C21H32N4O3. The number of rotatable bonds is 8. The quantitative estimate of drug-likeness (QED) is 0.718. The molecule has 1 aliphatic heterocycles.